The van der Waals surface area contributed by atoms with Crippen LogP contribution in [0.25, 0.3) is 28.1 Å². The minimum atomic E-state index is -0.696. The smallest absolute Gasteiger partial charge is 0.329 e. The fraction of sp³-hybridized carbons (Fsp3) is 0.350. The monoisotopic (exact) mass is 728 g/mol. The number of para-hydroxylation sites is 2. The fourth-order valence-electron chi connectivity index (χ4n) is 8.37. The first kappa shape index (κ1) is 33.9. The zero-order chi connectivity index (χ0) is 36.8. The van der Waals surface area contributed by atoms with E-state index in [2.05, 4.69) is 25.0 Å². The van der Waals surface area contributed by atoms with E-state index in [1.54, 1.807) is 21.3 Å². The topological polar surface area (TPSA) is 126 Å². The molecule has 0 spiro atoms. The van der Waals surface area contributed by atoms with Crippen molar-refractivity contribution < 1.29 is 14.0 Å². The number of hydrogen-bond donors (Lipinski definition) is 1. The van der Waals surface area contributed by atoms with Crippen LogP contribution < -0.4 is 20.8 Å². The van der Waals surface area contributed by atoms with Crippen molar-refractivity contribution in [3.8, 4) is 11.4 Å². The predicted molar refractivity (Wildman–Crippen MR) is 203 cm³/mol. The highest BCUT2D eigenvalue weighted by Crippen LogP contribution is 2.36. The molecule has 1 N–H and O–H groups in total. The molecule has 0 bridgehead atoms. The SMILES string of the molecule is O=C1CCC(n2c(=O)n(CCCN3CCN(c4cccc(-c5cnc6ccc(N7CCCC7c7cccc(F)c7)nn56)n4)CC3)c3ccccc32)C(=O)N1. The highest BCUT2D eigenvalue weighted by molar-refractivity contribution is 6.00. The van der Waals surface area contributed by atoms with E-state index in [0.29, 0.717) is 18.5 Å². The van der Waals surface area contributed by atoms with Gasteiger partial charge in [0, 0.05) is 45.7 Å². The standard InChI is InChI=1S/C40H41FN10O3/c41-28-8-3-7-27(25-28)30-12-5-19-48(30)37-16-15-35-42-26-34(51(35)45-37)29-9-4-13-36(43-29)47-23-21-46(22-24-47)18-6-20-49-31-10-1-2-11-32(31)50(40(49)54)33-14-17-38(52)44-39(33)53/h1-4,7-11,13,15-16,25-26,30,33H,5-6,12,14,17-24H2,(H,44,52,53). The lowest BCUT2D eigenvalue weighted by molar-refractivity contribution is -0.135. The van der Waals surface area contributed by atoms with E-state index in [9.17, 15) is 18.8 Å². The van der Waals surface area contributed by atoms with Gasteiger partial charge < -0.3 is 9.80 Å². The van der Waals surface area contributed by atoms with Crippen LogP contribution in [-0.4, -0.2) is 84.7 Å². The number of benzene rings is 2. The number of halogens is 1. The quantitative estimate of drug-likeness (QED) is 0.213. The van der Waals surface area contributed by atoms with Crippen molar-refractivity contribution in [3.63, 3.8) is 0 Å². The van der Waals surface area contributed by atoms with Gasteiger partial charge >= 0.3 is 5.69 Å². The Bertz CT molecular complexity index is 2430. The summed E-state index contributed by atoms with van der Waals surface area (Å²) in [4.78, 5) is 54.7. The Morgan fingerprint density at radius 3 is 2.46 bits per heavy atom. The van der Waals surface area contributed by atoms with Gasteiger partial charge in [-0.2, -0.15) is 0 Å². The average Bonchev–Trinajstić information content (AvgIpc) is 3.92. The predicted octanol–water partition coefficient (Wildman–Crippen LogP) is 4.58. The number of anilines is 2. The van der Waals surface area contributed by atoms with Gasteiger partial charge in [0.25, 0.3) is 0 Å². The maximum absolute atomic E-state index is 14.1. The Hall–Kier alpha value is -5.89. The average molecular weight is 729 g/mol. The number of fused-ring (bicyclic) bond motifs is 2. The van der Waals surface area contributed by atoms with E-state index in [1.165, 1.54) is 6.07 Å². The summed E-state index contributed by atoms with van der Waals surface area (Å²) < 4.78 is 19.3. The molecule has 276 valence electrons. The van der Waals surface area contributed by atoms with Gasteiger partial charge in [0.15, 0.2) is 5.65 Å². The Kier molecular flexibility index (Phi) is 8.89. The Labute approximate surface area is 310 Å². The lowest BCUT2D eigenvalue weighted by Gasteiger charge is -2.35. The number of imidazole rings is 2. The van der Waals surface area contributed by atoms with E-state index < -0.39 is 11.9 Å². The van der Waals surface area contributed by atoms with Crippen LogP contribution in [0.3, 0.4) is 0 Å². The third-order valence-electron chi connectivity index (χ3n) is 11.1. The normalized spacial score (nSPS) is 19.6. The second-order valence-corrected chi connectivity index (χ2v) is 14.3. The molecule has 4 aromatic heterocycles. The van der Waals surface area contributed by atoms with Crippen molar-refractivity contribution in [2.24, 2.45) is 0 Å². The van der Waals surface area contributed by atoms with Crippen LogP contribution in [0.4, 0.5) is 16.0 Å². The van der Waals surface area contributed by atoms with E-state index in [1.807, 2.05) is 71.4 Å². The van der Waals surface area contributed by atoms with Crippen LogP contribution in [0.5, 0.6) is 0 Å². The van der Waals surface area contributed by atoms with Gasteiger partial charge in [-0.05, 0) is 86.3 Å². The molecule has 2 aromatic carbocycles. The van der Waals surface area contributed by atoms with Gasteiger partial charge in [-0.1, -0.05) is 30.3 Å². The first-order valence-electron chi connectivity index (χ1n) is 18.8. The van der Waals surface area contributed by atoms with Crippen LogP contribution in [0.15, 0.2) is 89.9 Å². The van der Waals surface area contributed by atoms with Crippen molar-refractivity contribution in [2.75, 3.05) is 49.1 Å². The number of piperidine rings is 1. The van der Waals surface area contributed by atoms with Gasteiger partial charge in [-0.25, -0.2) is 23.7 Å². The summed E-state index contributed by atoms with van der Waals surface area (Å²) in [6.45, 7) is 5.56. The number of aryl methyl sites for hydroxylation is 1. The van der Waals surface area contributed by atoms with Crippen LogP contribution in [0, 0.1) is 5.82 Å². The van der Waals surface area contributed by atoms with Gasteiger partial charge in [0.05, 0.1) is 29.0 Å². The largest absolute Gasteiger partial charge is 0.354 e. The summed E-state index contributed by atoms with van der Waals surface area (Å²) in [6, 6.07) is 23.8. The second kappa shape index (κ2) is 14.2. The summed E-state index contributed by atoms with van der Waals surface area (Å²) in [5.41, 5.74) is 4.58. The molecule has 6 aromatic rings. The number of pyridine rings is 1. The summed E-state index contributed by atoms with van der Waals surface area (Å²) in [5, 5.41) is 7.41. The van der Waals surface area contributed by atoms with Gasteiger partial charge in [-0.3, -0.25) is 28.9 Å². The van der Waals surface area contributed by atoms with E-state index in [-0.39, 0.29) is 29.9 Å². The number of nitrogens with zero attached hydrogens (tertiary/aromatic N) is 9. The van der Waals surface area contributed by atoms with Gasteiger partial charge in [0.2, 0.25) is 11.8 Å². The lowest BCUT2D eigenvalue weighted by Crippen LogP contribution is -2.47. The number of nitrogens with one attached hydrogen (secondary N) is 1. The molecule has 14 heteroatoms. The molecule has 0 saturated carbocycles. The molecule has 0 radical (unpaired) electrons. The molecule has 3 fully saturated rings. The highest BCUT2D eigenvalue weighted by Gasteiger charge is 2.32. The molecule has 7 heterocycles. The molecule has 54 heavy (non-hydrogen) atoms. The van der Waals surface area contributed by atoms with Gasteiger partial charge in [-0.15, -0.1) is 5.10 Å². The van der Waals surface area contributed by atoms with E-state index >= 15 is 0 Å². The van der Waals surface area contributed by atoms with Crippen LogP contribution in [-0.2, 0) is 16.1 Å². The molecule has 3 saturated heterocycles. The number of carbonyl (C=O) groups is 2. The van der Waals surface area contributed by atoms with E-state index in [4.69, 9.17) is 10.1 Å². The molecule has 3 aliphatic rings. The van der Waals surface area contributed by atoms with E-state index in [0.717, 1.165) is 98.3 Å². The maximum atomic E-state index is 14.1. The summed E-state index contributed by atoms with van der Waals surface area (Å²) in [7, 11) is 0. The number of amides is 2. The number of hydrogen-bond acceptors (Lipinski definition) is 9. The van der Waals surface area contributed by atoms with Gasteiger partial charge in [0.1, 0.15) is 29.2 Å². The Morgan fingerprint density at radius 2 is 1.63 bits per heavy atom. The fourth-order valence-corrected chi connectivity index (χ4v) is 8.37. The minimum Gasteiger partial charge on any atom is -0.354 e. The maximum Gasteiger partial charge on any atom is 0.329 e. The Morgan fingerprint density at radius 1 is 0.796 bits per heavy atom. The zero-order valence-corrected chi connectivity index (χ0v) is 29.9. The van der Waals surface area contributed by atoms with Crippen LogP contribution >= 0.6 is 0 Å². The third kappa shape index (κ3) is 6.29. The first-order chi connectivity index (χ1) is 26.4. The number of imide groups is 1. The summed E-state index contributed by atoms with van der Waals surface area (Å²) >= 11 is 0. The molecule has 2 amide bonds. The lowest BCUT2D eigenvalue weighted by atomic mass is 10.0. The van der Waals surface area contributed by atoms with Crippen LogP contribution in [0.1, 0.15) is 49.8 Å². The molecule has 0 aliphatic carbocycles. The molecular formula is C40H41FN10O3. The van der Waals surface area contributed by atoms with Crippen molar-refractivity contribution in [2.45, 2.75) is 50.7 Å². The number of aromatic nitrogens is 6. The summed E-state index contributed by atoms with van der Waals surface area (Å²) in [5.74, 6) is 0.775. The molecular weight excluding hydrogens is 688 g/mol. The van der Waals surface area contributed by atoms with Crippen molar-refractivity contribution >= 4 is 40.1 Å². The van der Waals surface area contributed by atoms with Crippen LogP contribution in [0.2, 0.25) is 0 Å². The molecule has 3 aliphatic heterocycles. The number of carbonyl (C=O) groups excluding carboxylic acids is 2. The number of piperazine rings is 1. The summed E-state index contributed by atoms with van der Waals surface area (Å²) in [6.07, 6.45) is 5.07. The highest BCUT2D eigenvalue weighted by atomic mass is 19.1. The molecule has 13 nitrogen and oxygen atoms in total. The minimum absolute atomic E-state index is 0.0625. The zero-order valence-electron chi connectivity index (χ0n) is 29.9. The molecule has 2 unspecified atom stereocenters. The molecule has 2 atom stereocenters. The van der Waals surface area contributed by atoms with Crippen molar-refractivity contribution in [1.82, 2.24) is 38.9 Å². The van der Waals surface area contributed by atoms with Crippen molar-refractivity contribution in [3.05, 3.63) is 107 Å². The first-order valence-corrected chi connectivity index (χ1v) is 18.8. The molecule has 9 rings (SSSR count). The van der Waals surface area contributed by atoms with Crippen molar-refractivity contribution in [1.29, 1.82) is 0 Å². The Balaban J connectivity index is 0.856. The third-order valence-corrected chi connectivity index (χ3v) is 11.1. The second-order valence-electron chi connectivity index (χ2n) is 14.3. The number of rotatable bonds is 9.